The van der Waals surface area contributed by atoms with Gasteiger partial charge in [-0.15, -0.1) is 0 Å². The molecule has 0 aliphatic carbocycles. The summed E-state index contributed by atoms with van der Waals surface area (Å²) in [6.07, 6.45) is 1.53. The minimum atomic E-state index is -0.412. The van der Waals surface area contributed by atoms with Gasteiger partial charge < -0.3 is 10.3 Å². The number of nitrogens with zero attached hydrogens (tertiary/aromatic N) is 3. The molecule has 1 unspecified atom stereocenters. The van der Waals surface area contributed by atoms with Gasteiger partial charge in [0.2, 0.25) is 6.54 Å². The Labute approximate surface area is 109 Å². The lowest BCUT2D eigenvalue weighted by Crippen LogP contribution is -2.32. The summed E-state index contributed by atoms with van der Waals surface area (Å²) in [6, 6.07) is 1.42. The molecule has 7 nitrogen and oxygen atoms in total. The molecule has 0 aliphatic heterocycles. The van der Waals surface area contributed by atoms with Gasteiger partial charge in [-0.1, -0.05) is 5.16 Å². The highest BCUT2D eigenvalue weighted by atomic mass is 32.2. The second kappa shape index (κ2) is 7.83. The van der Waals surface area contributed by atoms with Gasteiger partial charge in [0.15, 0.2) is 0 Å². The third-order valence-electron chi connectivity index (χ3n) is 2.11. The van der Waals surface area contributed by atoms with Gasteiger partial charge in [0.1, 0.15) is 6.26 Å². The number of hydrogen-bond donors (Lipinski definition) is 1. The zero-order chi connectivity index (χ0) is 13.4. The normalized spacial score (nSPS) is 13.6. The fourth-order valence-electron chi connectivity index (χ4n) is 1.21. The first-order valence-corrected chi connectivity index (χ1v) is 6.62. The number of nitro groups is 1. The van der Waals surface area contributed by atoms with Crippen LogP contribution >= 0.6 is 11.8 Å². The Balaban J connectivity index is 2.26. The molecule has 18 heavy (non-hydrogen) atoms. The molecule has 1 atom stereocenters. The predicted molar refractivity (Wildman–Crippen MR) is 70.5 cm³/mol. The predicted octanol–water partition coefficient (Wildman–Crippen LogP) is 0.973. The Bertz CT molecular complexity index is 392. The van der Waals surface area contributed by atoms with Crippen LogP contribution in [0.15, 0.2) is 21.8 Å². The molecule has 0 amide bonds. The Kier molecular flexibility index (Phi) is 6.37. The summed E-state index contributed by atoms with van der Waals surface area (Å²) in [6.45, 7) is 1.93. The molecule has 0 spiro atoms. The van der Waals surface area contributed by atoms with Gasteiger partial charge in [-0.3, -0.25) is 15.1 Å². The maximum absolute atomic E-state index is 10.4. The molecule has 0 fully saturated rings. The topological polar surface area (TPSA) is 108 Å². The van der Waals surface area contributed by atoms with Crippen LogP contribution in [0.2, 0.25) is 0 Å². The first-order chi connectivity index (χ1) is 8.59. The maximum atomic E-state index is 10.4. The van der Waals surface area contributed by atoms with Crippen LogP contribution in [0.25, 0.3) is 0 Å². The molecule has 0 saturated carbocycles. The first kappa shape index (κ1) is 14.7. The van der Waals surface area contributed by atoms with Crippen molar-refractivity contribution >= 4 is 17.5 Å². The maximum Gasteiger partial charge on any atom is 0.242 e. The Morgan fingerprint density at radius 1 is 1.78 bits per heavy atom. The highest BCUT2D eigenvalue weighted by Gasteiger charge is 2.11. The van der Waals surface area contributed by atoms with Crippen molar-refractivity contribution in [2.24, 2.45) is 10.7 Å². The fourth-order valence-corrected chi connectivity index (χ4v) is 1.94. The number of nitrogens with two attached hydrogens (primary N) is 1. The van der Waals surface area contributed by atoms with Crippen molar-refractivity contribution in [1.29, 1.82) is 0 Å². The molecular formula is C10H16N4O3S. The monoisotopic (exact) mass is 272 g/mol. The van der Waals surface area contributed by atoms with Crippen molar-refractivity contribution < 1.29 is 9.45 Å². The van der Waals surface area contributed by atoms with Crippen molar-refractivity contribution in [2.75, 3.05) is 18.8 Å². The third kappa shape index (κ3) is 5.78. The van der Waals surface area contributed by atoms with E-state index >= 15 is 0 Å². The minimum Gasteiger partial charge on any atom is -0.364 e. The third-order valence-corrected chi connectivity index (χ3v) is 3.08. The Morgan fingerprint density at radius 3 is 3.11 bits per heavy atom. The van der Waals surface area contributed by atoms with Crippen LogP contribution in [0.3, 0.4) is 0 Å². The van der Waals surface area contributed by atoms with E-state index in [2.05, 4.69) is 10.1 Å². The molecule has 2 N–H and O–H groups in total. The molecule has 0 aromatic carbocycles. The van der Waals surface area contributed by atoms with Crippen LogP contribution in [-0.2, 0) is 5.75 Å². The van der Waals surface area contributed by atoms with Gasteiger partial charge >= 0.3 is 0 Å². The summed E-state index contributed by atoms with van der Waals surface area (Å²) >= 11 is 1.64. The van der Waals surface area contributed by atoms with E-state index in [1.165, 1.54) is 6.26 Å². The van der Waals surface area contributed by atoms with Crippen LogP contribution in [0.5, 0.6) is 0 Å². The summed E-state index contributed by atoms with van der Waals surface area (Å²) in [7, 11) is 0. The highest BCUT2D eigenvalue weighted by Crippen LogP contribution is 2.09. The molecule has 0 aliphatic rings. The van der Waals surface area contributed by atoms with E-state index in [4.69, 9.17) is 10.3 Å². The summed E-state index contributed by atoms with van der Waals surface area (Å²) < 4.78 is 4.70. The number of thioether (sulfide) groups is 1. The second-order valence-electron chi connectivity index (χ2n) is 3.70. The van der Waals surface area contributed by atoms with Crippen molar-refractivity contribution in [3.05, 3.63) is 28.1 Å². The van der Waals surface area contributed by atoms with E-state index in [1.54, 1.807) is 24.8 Å². The average Bonchev–Trinajstić information content (AvgIpc) is 2.79. The molecule has 1 aromatic heterocycles. The number of aromatic nitrogens is 1. The van der Waals surface area contributed by atoms with Crippen LogP contribution < -0.4 is 5.73 Å². The SMILES string of the molecule is CC(N)C(C[N+](=O)[O-])=NCCSCc1ccon1. The Hall–Kier alpha value is -1.41. The summed E-state index contributed by atoms with van der Waals surface area (Å²) in [4.78, 5) is 14.2. The van der Waals surface area contributed by atoms with E-state index in [0.29, 0.717) is 12.3 Å². The summed E-state index contributed by atoms with van der Waals surface area (Å²) in [5.41, 5.74) is 6.92. The Morgan fingerprint density at radius 2 is 2.56 bits per heavy atom. The number of rotatable bonds is 8. The van der Waals surface area contributed by atoms with Crippen molar-refractivity contribution in [1.82, 2.24) is 5.16 Å². The zero-order valence-corrected chi connectivity index (χ0v) is 10.9. The van der Waals surface area contributed by atoms with Gasteiger partial charge in [-0.05, 0) is 6.92 Å². The van der Waals surface area contributed by atoms with Crippen LogP contribution in [0.4, 0.5) is 0 Å². The summed E-state index contributed by atoms with van der Waals surface area (Å²) in [5.74, 6) is 1.51. The van der Waals surface area contributed by atoms with Crippen LogP contribution in [0, 0.1) is 10.1 Å². The van der Waals surface area contributed by atoms with Gasteiger partial charge in [0, 0.05) is 35.1 Å². The number of aliphatic imine (C=N–C) groups is 1. The zero-order valence-electron chi connectivity index (χ0n) is 10.1. The first-order valence-electron chi connectivity index (χ1n) is 5.47. The second-order valence-corrected chi connectivity index (χ2v) is 4.80. The lowest BCUT2D eigenvalue weighted by Gasteiger charge is -2.05. The molecule has 100 valence electrons. The van der Waals surface area contributed by atoms with E-state index in [1.807, 2.05) is 0 Å². The van der Waals surface area contributed by atoms with Crippen molar-refractivity contribution in [2.45, 2.75) is 18.7 Å². The van der Waals surface area contributed by atoms with E-state index in [0.717, 1.165) is 17.2 Å². The van der Waals surface area contributed by atoms with Gasteiger partial charge in [-0.2, -0.15) is 11.8 Å². The molecule has 0 radical (unpaired) electrons. The molecule has 1 aromatic rings. The summed E-state index contributed by atoms with van der Waals surface area (Å²) in [5, 5.41) is 14.2. The number of hydrogen-bond acceptors (Lipinski definition) is 7. The fraction of sp³-hybridized carbons (Fsp3) is 0.600. The van der Waals surface area contributed by atoms with Crippen molar-refractivity contribution in [3.63, 3.8) is 0 Å². The molecule has 8 heteroatoms. The lowest BCUT2D eigenvalue weighted by molar-refractivity contribution is -0.463. The molecule has 0 bridgehead atoms. The van der Waals surface area contributed by atoms with Gasteiger partial charge in [0.25, 0.3) is 0 Å². The van der Waals surface area contributed by atoms with Crippen LogP contribution in [0.1, 0.15) is 12.6 Å². The van der Waals surface area contributed by atoms with E-state index in [-0.39, 0.29) is 12.6 Å². The standard InChI is InChI=1S/C10H16N4O3S/c1-8(11)10(6-14(15)16)12-3-5-18-7-9-2-4-17-13-9/h2,4,8H,3,5-7,11H2,1H3. The molecule has 1 heterocycles. The largest absolute Gasteiger partial charge is 0.364 e. The smallest absolute Gasteiger partial charge is 0.242 e. The van der Waals surface area contributed by atoms with Crippen molar-refractivity contribution in [3.8, 4) is 0 Å². The van der Waals surface area contributed by atoms with Gasteiger partial charge in [-0.25, -0.2) is 0 Å². The lowest BCUT2D eigenvalue weighted by atomic mass is 10.2. The minimum absolute atomic E-state index is 0.286. The molecule has 0 saturated heterocycles. The molecular weight excluding hydrogens is 256 g/mol. The van der Waals surface area contributed by atoms with Gasteiger partial charge in [0.05, 0.1) is 11.4 Å². The highest BCUT2D eigenvalue weighted by molar-refractivity contribution is 7.98. The molecule has 1 rings (SSSR count). The van der Waals surface area contributed by atoms with E-state index < -0.39 is 4.92 Å². The average molecular weight is 272 g/mol. The van der Waals surface area contributed by atoms with E-state index in [9.17, 15) is 10.1 Å². The quantitative estimate of drug-likeness (QED) is 0.327. The van der Waals surface area contributed by atoms with Crippen LogP contribution in [-0.4, -0.2) is 40.7 Å².